The number of nitrogens with zero attached hydrogens (tertiary/aromatic N) is 1. The Balaban J connectivity index is 2.17. The third-order valence-corrected chi connectivity index (χ3v) is 3.61. The lowest BCUT2D eigenvalue weighted by molar-refractivity contribution is -0.137. The van der Waals surface area contributed by atoms with Crippen molar-refractivity contribution < 1.29 is 19.1 Å². The van der Waals surface area contributed by atoms with Gasteiger partial charge in [0.25, 0.3) is 11.8 Å². The third kappa shape index (κ3) is 3.31. The van der Waals surface area contributed by atoms with Crippen molar-refractivity contribution in [2.45, 2.75) is 20.0 Å². The van der Waals surface area contributed by atoms with Gasteiger partial charge in [-0.2, -0.15) is 0 Å². The largest absolute Gasteiger partial charge is 0.497 e. The quantitative estimate of drug-likeness (QED) is 0.755. The van der Waals surface area contributed by atoms with Gasteiger partial charge in [-0.25, -0.2) is 0 Å². The zero-order chi connectivity index (χ0) is 16.3. The summed E-state index contributed by atoms with van der Waals surface area (Å²) in [7, 11) is 1.56. The van der Waals surface area contributed by atoms with Crippen molar-refractivity contribution in [1.29, 1.82) is 0 Å². The fourth-order valence-corrected chi connectivity index (χ4v) is 2.43. The molecule has 1 aliphatic heterocycles. The summed E-state index contributed by atoms with van der Waals surface area (Å²) in [5.74, 6) is -0.211. The van der Waals surface area contributed by atoms with Gasteiger partial charge in [-0.3, -0.25) is 14.5 Å². The minimum atomic E-state index is -0.482. The number of carbonyl (C=O) groups is 2. The van der Waals surface area contributed by atoms with Gasteiger partial charge in [-0.05, 0) is 31.5 Å². The summed E-state index contributed by atoms with van der Waals surface area (Å²) in [4.78, 5) is 25.7. The smallest absolute Gasteiger partial charge is 0.273 e. The summed E-state index contributed by atoms with van der Waals surface area (Å²) in [6.07, 6.45) is 0.0392. The van der Waals surface area contributed by atoms with Gasteiger partial charge < -0.3 is 9.47 Å². The van der Waals surface area contributed by atoms with Crippen molar-refractivity contribution in [1.82, 2.24) is 4.90 Å². The van der Waals surface area contributed by atoms with Gasteiger partial charge in [0.15, 0.2) is 0 Å². The summed E-state index contributed by atoms with van der Waals surface area (Å²) in [5.41, 5.74) is 0.815. The molecule has 1 aliphatic rings. The second-order valence-corrected chi connectivity index (χ2v) is 5.48. The fraction of sp³-hybridized carbons (Fsp3) is 0.375. The van der Waals surface area contributed by atoms with Gasteiger partial charge >= 0.3 is 0 Å². The van der Waals surface area contributed by atoms with Gasteiger partial charge in [-0.1, -0.05) is 23.7 Å². The number of methoxy groups -OCH3 is 1. The molecule has 0 atom stereocenters. The lowest BCUT2D eigenvalue weighted by atomic mass is 10.1. The van der Waals surface area contributed by atoms with Crippen LogP contribution in [0, 0.1) is 0 Å². The number of carbonyl (C=O) groups excluding carboxylic acids is 2. The van der Waals surface area contributed by atoms with Crippen LogP contribution in [-0.2, 0) is 14.3 Å². The maximum atomic E-state index is 12.4. The Hall–Kier alpha value is -1.85. The fourth-order valence-electron chi connectivity index (χ4n) is 2.14. The van der Waals surface area contributed by atoms with Gasteiger partial charge in [0.2, 0.25) is 0 Å². The van der Waals surface area contributed by atoms with Crippen molar-refractivity contribution >= 4 is 29.0 Å². The van der Waals surface area contributed by atoms with E-state index >= 15 is 0 Å². The number of hydrogen-bond donors (Lipinski definition) is 0. The molecule has 118 valence electrons. The van der Waals surface area contributed by atoms with Gasteiger partial charge in [0, 0.05) is 0 Å². The highest BCUT2D eigenvalue weighted by atomic mass is 35.5. The lowest BCUT2D eigenvalue weighted by Gasteiger charge is -2.16. The molecule has 0 N–H and O–H groups in total. The Morgan fingerprint density at radius 1 is 1.14 bits per heavy atom. The predicted molar refractivity (Wildman–Crippen MR) is 83.6 cm³/mol. The number of imide groups is 1. The SMILES string of the molecule is COc1ccc(C2=C(Cl)C(=O)N(CCOC(C)C)C2=O)cc1. The zero-order valence-electron chi connectivity index (χ0n) is 12.8. The van der Waals surface area contributed by atoms with Crippen LogP contribution in [0.25, 0.3) is 5.57 Å². The number of halogens is 1. The summed E-state index contributed by atoms with van der Waals surface area (Å²) in [6.45, 7) is 4.25. The van der Waals surface area contributed by atoms with E-state index in [0.717, 1.165) is 4.90 Å². The molecule has 1 heterocycles. The van der Waals surface area contributed by atoms with Crippen LogP contribution in [0.15, 0.2) is 29.3 Å². The maximum Gasteiger partial charge on any atom is 0.273 e. The Kier molecular flexibility index (Phi) is 5.21. The molecule has 1 aromatic carbocycles. The van der Waals surface area contributed by atoms with E-state index in [1.807, 2.05) is 13.8 Å². The lowest BCUT2D eigenvalue weighted by Crippen LogP contribution is -2.34. The summed E-state index contributed by atoms with van der Waals surface area (Å²) in [5, 5.41) is -0.0558. The summed E-state index contributed by atoms with van der Waals surface area (Å²) in [6, 6.07) is 6.84. The Morgan fingerprint density at radius 2 is 1.77 bits per heavy atom. The molecule has 0 fully saturated rings. The molecule has 2 amide bonds. The van der Waals surface area contributed by atoms with Crippen LogP contribution >= 0.6 is 11.6 Å². The zero-order valence-corrected chi connectivity index (χ0v) is 13.5. The molecule has 0 unspecified atom stereocenters. The van der Waals surface area contributed by atoms with Crippen LogP contribution in [0.4, 0.5) is 0 Å². The maximum absolute atomic E-state index is 12.4. The molecule has 0 aliphatic carbocycles. The van der Waals surface area contributed by atoms with E-state index in [4.69, 9.17) is 21.1 Å². The molecule has 5 nitrogen and oxygen atoms in total. The third-order valence-electron chi connectivity index (χ3n) is 3.26. The topological polar surface area (TPSA) is 55.8 Å². The van der Waals surface area contributed by atoms with E-state index in [9.17, 15) is 9.59 Å². The standard InChI is InChI=1S/C16H18ClNO4/c1-10(2)22-9-8-18-15(19)13(14(17)16(18)20)11-4-6-12(21-3)7-5-11/h4-7,10H,8-9H2,1-3H3. The van der Waals surface area contributed by atoms with Crippen LogP contribution in [0.2, 0.25) is 0 Å². The highest BCUT2D eigenvalue weighted by molar-refractivity contribution is 6.55. The monoisotopic (exact) mass is 323 g/mol. The highest BCUT2D eigenvalue weighted by Gasteiger charge is 2.37. The molecule has 0 radical (unpaired) electrons. The van der Waals surface area contributed by atoms with Gasteiger partial charge in [0.05, 0.1) is 31.9 Å². The first-order valence-electron chi connectivity index (χ1n) is 6.97. The van der Waals surface area contributed by atoms with E-state index in [0.29, 0.717) is 11.3 Å². The second kappa shape index (κ2) is 6.94. The van der Waals surface area contributed by atoms with E-state index in [2.05, 4.69) is 0 Å². The van der Waals surface area contributed by atoms with E-state index in [1.54, 1.807) is 31.4 Å². The van der Waals surface area contributed by atoms with E-state index in [-0.39, 0.29) is 29.9 Å². The van der Waals surface area contributed by atoms with Crippen LogP contribution in [-0.4, -0.2) is 43.1 Å². The number of ether oxygens (including phenoxy) is 2. The number of rotatable bonds is 6. The number of benzene rings is 1. The average molecular weight is 324 g/mol. The second-order valence-electron chi connectivity index (χ2n) is 5.10. The molecule has 6 heteroatoms. The van der Waals surface area contributed by atoms with Crippen LogP contribution in [0.5, 0.6) is 5.75 Å². The average Bonchev–Trinajstić information content (AvgIpc) is 2.71. The molecule has 0 saturated carbocycles. The van der Waals surface area contributed by atoms with Crippen LogP contribution in [0.1, 0.15) is 19.4 Å². The first kappa shape index (κ1) is 16.5. The summed E-state index contributed by atoms with van der Waals surface area (Å²) < 4.78 is 10.5. The van der Waals surface area contributed by atoms with Crippen molar-refractivity contribution in [3.8, 4) is 5.75 Å². The molecule has 2 rings (SSSR count). The number of hydrogen-bond acceptors (Lipinski definition) is 4. The van der Waals surface area contributed by atoms with Gasteiger partial charge in [-0.15, -0.1) is 0 Å². The Morgan fingerprint density at radius 3 is 2.32 bits per heavy atom. The van der Waals surface area contributed by atoms with Crippen LogP contribution < -0.4 is 4.74 Å². The normalized spacial score (nSPS) is 15.2. The Labute approximate surface area is 134 Å². The first-order valence-corrected chi connectivity index (χ1v) is 7.35. The Bertz CT molecular complexity index is 607. The number of amides is 2. The minimum absolute atomic E-state index is 0.0392. The molecule has 1 aromatic rings. The molecular formula is C16H18ClNO4. The first-order chi connectivity index (χ1) is 10.5. The van der Waals surface area contributed by atoms with Crippen molar-refractivity contribution in [3.05, 3.63) is 34.9 Å². The van der Waals surface area contributed by atoms with E-state index < -0.39 is 11.8 Å². The van der Waals surface area contributed by atoms with Crippen molar-refractivity contribution in [2.24, 2.45) is 0 Å². The van der Waals surface area contributed by atoms with Crippen molar-refractivity contribution in [2.75, 3.05) is 20.3 Å². The predicted octanol–water partition coefficient (Wildman–Crippen LogP) is 2.44. The molecule has 0 spiro atoms. The highest BCUT2D eigenvalue weighted by Crippen LogP contribution is 2.32. The minimum Gasteiger partial charge on any atom is -0.497 e. The van der Waals surface area contributed by atoms with E-state index in [1.165, 1.54) is 0 Å². The molecular weight excluding hydrogens is 306 g/mol. The molecule has 0 saturated heterocycles. The van der Waals surface area contributed by atoms with Crippen molar-refractivity contribution in [3.63, 3.8) is 0 Å². The van der Waals surface area contributed by atoms with Crippen LogP contribution in [0.3, 0.4) is 0 Å². The molecule has 22 heavy (non-hydrogen) atoms. The molecule has 0 bridgehead atoms. The van der Waals surface area contributed by atoms with Gasteiger partial charge in [0.1, 0.15) is 10.8 Å². The summed E-state index contributed by atoms with van der Waals surface area (Å²) >= 11 is 6.06. The molecule has 0 aromatic heterocycles.